The first-order valence-corrected chi connectivity index (χ1v) is 2.69. The molecule has 9 heavy (non-hydrogen) atoms. The summed E-state index contributed by atoms with van der Waals surface area (Å²) < 4.78 is 4.59. The molecule has 0 aliphatic carbocycles. The van der Waals surface area contributed by atoms with Crippen LogP contribution in [0.5, 0.6) is 0 Å². The summed E-state index contributed by atoms with van der Waals surface area (Å²) >= 11 is 0. The lowest BCUT2D eigenvalue weighted by molar-refractivity contribution is -0.118. The second-order valence-electron chi connectivity index (χ2n) is 1.54. The highest BCUT2D eigenvalue weighted by Gasteiger charge is 1.82. The molecule has 0 heterocycles. The molecule has 0 rings (SSSR count). The third kappa shape index (κ3) is 7.01. The smallest absolute Gasteiger partial charge is 0.217 e. The molecule has 0 aliphatic heterocycles. The van der Waals surface area contributed by atoms with Gasteiger partial charge in [-0.25, -0.2) is 0 Å². The molecule has 0 spiro atoms. The molecule has 0 bridgehead atoms. The van der Waals surface area contributed by atoms with Crippen molar-refractivity contribution in [2.75, 3.05) is 13.7 Å². The highest BCUT2D eigenvalue weighted by Crippen LogP contribution is 1.69. The number of nitrogens with one attached hydrogen (secondary N) is 1. The standard InChI is InChI=1S/C6H11NO2/c1-6(8)7-4-3-5-9-2/h3,5H,4H2,1-2H3,(H,7,8)/b5-3+. The van der Waals surface area contributed by atoms with E-state index in [0.717, 1.165) is 0 Å². The molecule has 3 nitrogen and oxygen atoms in total. The molecule has 0 aliphatic rings. The number of hydrogen-bond acceptors (Lipinski definition) is 2. The molecule has 1 N–H and O–H groups in total. The van der Waals surface area contributed by atoms with E-state index >= 15 is 0 Å². The summed E-state index contributed by atoms with van der Waals surface area (Å²) in [4.78, 5) is 10.2. The van der Waals surface area contributed by atoms with E-state index in [1.807, 2.05) is 0 Å². The fourth-order valence-electron chi connectivity index (χ4n) is 0.347. The maximum absolute atomic E-state index is 10.2. The second kappa shape index (κ2) is 5.15. The van der Waals surface area contributed by atoms with Gasteiger partial charge < -0.3 is 10.1 Å². The van der Waals surface area contributed by atoms with Crippen LogP contribution >= 0.6 is 0 Å². The van der Waals surface area contributed by atoms with Gasteiger partial charge in [0.15, 0.2) is 0 Å². The molecule has 0 fully saturated rings. The zero-order valence-corrected chi connectivity index (χ0v) is 5.68. The molecular formula is C6H11NO2. The molecule has 1 amide bonds. The lowest BCUT2D eigenvalue weighted by Gasteiger charge is -1.92. The first-order valence-electron chi connectivity index (χ1n) is 2.69. The number of methoxy groups -OCH3 is 1. The SMILES string of the molecule is CO/C=C/CNC(C)=O. The molecule has 0 aromatic rings. The third-order valence-corrected chi connectivity index (χ3v) is 0.701. The van der Waals surface area contributed by atoms with Crippen LogP contribution < -0.4 is 5.32 Å². The quantitative estimate of drug-likeness (QED) is 0.556. The van der Waals surface area contributed by atoms with Crippen LogP contribution in [0.2, 0.25) is 0 Å². The Kier molecular flexibility index (Phi) is 4.59. The largest absolute Gasteiger partial charge is 0.505 e. The number of rotatable bonds is 3. The van der Waals surface area contributed by atoms with Gasteiger partial charge in [-0.15, -0.1) is 0 Å². The Morgan fingerprint density at radius 2 is 2.44 bits per heavy atom. The third-order valence-electron chi connectivity index (χ3n) is 0.701. The highest BCUT2D eigenvalue weighted by molar-refractivity contribution is 5.72. The fraction of sp³-hybridized carbons (Fsp3) is 0.500. The monoisotopic (exact) mass is 129 g/mol. The van der Waals surface area contributed by atoms with Gasteiger partial charge in [0.2, 0.25) is 5.91 Å². The van der Waals surface area contributed by atoms with E-state index in [-0.39, 0.29) is 5.91 Å². The van der Waals surface area contributed by atoms with Gasteiger partial charge in [-0.1, -0.05) is 0 Å². The van der Waals surface area contributed by atoms with Crippen LogP contribution in [0.15, 0.2) is 12.3 Å². The van der Waals surface area contributed by atoms with E-state index in [9.17, 15) is 4.79 Å². The van der Waals surface area contributed by atoms with E-state index in [1.54, 1.807) is 13.2 Å². The number of amides is 1. The van der Waals surface area contributed by atoms with Gasteiger partial charge in [0.1, 0.15) is 0 Å². The van der Waals surface area contributed by atoms with Crippen molar-refractivity contribution < 1.29 is 9.53 Å². The van der Waals surface area contributed by atoms with Crippen LogP contribution in [0.25, 0.3) is 0 Å². The topological polar surface area (TPSA) is 38.3 Å². The summed E-state index contributed by atoms with van der Waals surface area (Å²) in [6.07, 6.45) is 3.25. The van der Waals surface area contributed by atoms with Gasteiger partial charge in [0.25, 0.3) is 0 Å². The Labute approximate surface area is 54.7 Å². The second-order valence-corrected chi connectivity index (χ2v) is 1.54. The molecule has 0 saturated carbocycles. The van der Waals surface area contributed by atoms with Crippen molar-refractivity contribution in [2.24, 2.45) is 0 Å². The predicted octanol–water partition coefficient (Wildman–Crippen LogP) is 0.283. The molecule has 0 aromatic heterocycles. The first kappa shape index (κ1) is 8.01. The van der Waals surface area contributed by atoms with Gasteiger partial charge >= 0.3 is 0 Å². The van der Waals surface area contributed by atoms with E-state index in [4.69, 9.17) is 0 Å². The van der Waals surface area contributed by atoms with E-state index in [1.165, 1.54) is 13.2 Å². The Balaban J connectivity index is 3.09. The predicted molar refractivity (Wildman–Crippen MR) is 34.8 cm³/mol. The Morgan fingerprint density at radius 3 is 2.89 bits per heavy atom. The summed E-state index contributed by atoms with van der Waals surface area (Å²) in [5, 5.41) is 2.57. The summed E-state index contributed by atoms with van der Waals surface area (Å²) in [5.74, 6) is -0.0317. The summed E-state index contributed by atoms with van der Waals surface area (Å²) in [6.45, 7) is 2.00. The molecular weight excluding hydrogens is 118 g/mol. The molecule has 0 aromatic carbocycles. The van der Waals surface area contributed by atoms with Gasteiger partial charge in [0.05, 0.1) is 13.4 Å². The van der Waals surface area contributed by atoms with Gasteiger partial charge in [0, 0.05) is 13.5 Å². The fourth-order valence-corrected chi connectivity index (χ4v) is 0.347. The molecule has 3 heteroatoms. The summed E-state index contributed by atoms with van der Waals surface area (Å²) in [6, 6.07) is 0. The number of carbonyl (C=O) groups excluding carboxylic acids is 1. The van der Waals surface area contributed by atoms with E-state index in [0.29, 0.717) is 6.54 Å². The van der Waals surface area contributed by atoms with Crippen LogP contribution in [0.1, 0.15) is 6.92 Å². The van der Waals surface area contributed by atoms with Crippen LogP contribution in [0.4, 0.5) is 0 Å². The Bertz CT molecular complexity index is 110. The van der Waals surface area contributed by atoms with Gasteiger partial charge in [-0.05, 0) is 6.08 Å². The number of carbonyl (C=O) groups is 1. The first-order chi connectivity index (χ1) is 4.27. The summed E-state index contributed by atoms with van der Waals surface area (Å²) in [7, 11) is 1.56. The van der Waals surface area contributed by atoms with Crippen molar-refractivity contribution in [1.29, 1.82) is 0 Å². The summed E-state index contributed by atoms with van der Waals surface area (Å²) in [5.41, 5.74) is 0. The van der Waals surface area contributed by atoms with E-state index in [2.05, 4.69) is 10.1 Å². The normalized spacial score (nSPS) is 9.56. The Hall–Kier alpha value is -0.990. The average molecular weight is 129 g/mol. The van der Waals surface area contributed by atoms with Gasteiger partial charge in [-0.2, -0.15) is 0 Å². The van der Waals surface area contributed by atoms with Crippen LogP contribution in [0, 0.1) is 0 Å². The molecule has 0 atom stereocenters. The van der Waals surface area contributed by atoms with Crippen molar-refractivity contribution in [3.63, 3.8) is 0 Å². The maximum Gasteiger partial charge on any atom is 0.217 e. The molecule has 0 saturated heterocycles. The van der Waals surface area contributed by atoms with Crippen molar-refractivity contribution in [3.05, 3.63) is 12.3 Å². The van der Waals surface area contributed by atoms with Crippen LogP contribution in [0.3, 0.4) is 0 Å². The minimum Gasteiger partial charge on any atom is -0.505 e. The van der Waals surface area contributed by atoms with Crippen LogP contribution in [-0.4, -0.2) is 19.6 Å². The number of hydrogen-bond donors (Lipinski definition) is 1. The molecule has 52 valence electrons. The molecule has 0 unspecified atom stereocenters. The van der Waals surface area contributed by atoms with Crippen molar-refractivity contribution in [3.8, 4) is 0 Å². The minimum absolute atomic E-state index is 0.0317. The van der Waals surface area contributed by atoms with Crippen molar-refractivity contribution >= 4 is 5.91 Å². The zero-order valence-electron chi connectivity index (χ0n) is 5.68. The van der Waals surface area contributed by atoms with E-state index < -0.39 is 0 Å². The lowest BCUT2D eigenvalue weighted by atomic mass is 10.6. The maximum atomic E-state index is 10.2. The lowest BCUT2D eigenvalue weighted by Crippen LogP contribution is -2.19. The highest BCUT2D eigenvalue weighted by atomic mass is 16.5. The van der Waals surface area contributed by atoms with Crippen LogP contribution in [-0.2, 0) is 9.53 Å². The van der Waals surface area contributed by atoms with Crippen molar-refractivity contribution in [2.45, 2.75) is 6.92 Å². The molecule has 0 radical (unpaired) electrons. The van der Waals surface area contributed by atoms with Crippen molar-refractivity contribution in [1.82, 2.24) is 5.32 Å². The minimum atomic E-state index is -0.0317. The number of ether oxygens (including phenoxy) is 1. The van der Waals surface area contributed by atoms with Gasteiger partial charge in [-0.3, -0.25) is 4.79 Å². The zero-order chi connectivity index (χ0) is 7.11. The Morgan fingerprint density at radius 1 is 1.78 bits per heavy atom. The average Bonchev–Trinajstić information content (AvgIpc) is 1.80.